The van der Waals surface area contributed by atoms with Gasteiger partial charge in [-0.3, -0.25) is 0 Å². The second-order valence-corrected chi connectivity index (χ2v) is 5.28. The van der Waals surface area contributed by atoms with Crippen LogP contribution in [0.2, 0.25) is 0 Å². The molecule has 0 saturated heterocycles. The molecule has 0 aliphatic carbocycles. The van der Waals surface area contributed by atoms with E-state index in [1.807, 2.05) is 19.1 Å². The van der Waals surface area contributed by atoms with Crippen molar-refractivity contribution in [1.29, 1.82) is 0 Å². The number of rotatable bonds is 4. The molecule has 94 valence electrons. The van der Waals surface area contributed by atoms with Gasteiger partial charge in [0, 0.05) is 5.75 Å². The van der Waals surface area contributed by atoms with Gasteiger partial charge in [0.25, 0.3) is 0 Å². The first kappa shape index (κ1) is 12.8. The van der Waals surface area contributed by atoms with Gasteiger partial charge in [-0.05, 0) is 48.4 Å². The molecule has 0 aliphatic rings. The number of tetrazole rings is 1. The lowest BCUT2D eigenvalue weighted by Crippen LogP contribution is -2.02. The Kier molecular flexibility index (Phi) is 3.81. The van der Waals surface area contributed by atoms with Gasteiger partial charge < -0.3 is 0 Å². The van der Waals surface area contributed by atoms with Gasteiger partial charge in [0.15, 0.2) is 0 Å². The normalized spacial score (nSPS) is 10.6. The summed E-state index contributed by atoms with van der Waals surface area (Å²) in [7, 11) is 0. The second kappa shape index (κ2) is 5.35. The van der Waals surface area contributed by atoms with Crippen molar-refractivity contribution in [3.63, 3.8) is 0 Å². The maximum atomic E-state index is 4.07. The van der Waals surface area contributed by atoms with Crippen LogP contribution in [0.5, 0.6) is 0 Å². The zero-order valence-corrected chi connectivity index (χ0v) is 11.7. The molecule has 0 N–H and O–H groups in total. The van der Waals surface area contributed by atoms with Crippen LogP contribution in [0.3, 0.4) is 0 Å². The minimum absolute atomic E-state index is 0.798. The summed E-state index contributed by atoms with van der Waals surface area (Å²) in [6, 6.07) is 6.14. The number of nitrogens with zero attached hydrogens (tertiary/aromatic N) is 4. The summed E-state index contributed by atoms with van der Waals surface area (Å²) in [6.45, 7) is 10.1. The molecular formula is C13H16N4S. The quantitative estimate of drug-likeness (QED) is 0.626. The summed E-state index contributed by atoms with van der Waals surface area (Å²) < 4.78 is 1.79. The average Bonchev–Trinajstić information content (AvgIpc) is 2.78. The highest BCUT2D eigenvalue weighted by Crippen LogP contribution is 2.23. The Bertz CT molecular complexity index is 574. The molecule has 2 rings (SSSR count). The van der Waals surface area contributed by atoms with Crippen molar-refractivity contribution in [2.75, 3.05) is 5.75 Å². The van der Waals surface area contributed by atoms with E-state index in [0.717, 1.165) is 22.2 Å². The molecule has 0 saturated carbocycles. The van der Waals surface area contributed by atoms with Crippen LogP contribution in [-0.2, 0) is 0 Å². The monoisotopic (exact) mass is 260 g/mol. The van der Waals surface area contributed by atoms with Crippen molar-refractivity contribution in [3.05, 3.63) is 41.5 Å². The van der Waals surface area contributed by atoms with Gasteiger partial charge >= 0.3 is 0 Å². The topological polar surface area (TPSA) is 43.6 Å². The maximum absolute atomic E-state index is 4.07. The lowest BCUT2D eigenvalue weighted by atomic mass is 10.1. The summed E-state index contributed by atoms with van der Waals surface area (Å²) in [5, 5.41) is 12.7. The number of thioether (sulfide) groups is 1. The molecule has 0 aliphatic heterocycles. The zero-order valence-electron chi connectivity index (χ0n) is 10.8. The molecule has 0 spiro atoms. The standard InChI is InChI=1S/C13H16N4S/c1-9(2)8-18-13-14-15-16-17(13)12-7-5-6-10(3)11(12)4/h5-7H,1,8H2,2-4H3. The minimum Gasteiger partial charge on any atom is -0.187 e. The SMILES string of the molecule is C=C(C)CSc1nnnn1-c1cccc(C)c1C. The summed E-state index contributed by atoms with van der Waals surface area (Å²) in [5.41, 5.74) is 4.57. The van der Waals surface area contributed by atoms with Crippen LogP contribution in [-0.4, -0.2) is 26.0 Å². The first-order chi connectivity index (χ1) is 8.59. The van der Waals surface area contributed by atoms with Gasteiger partial charge in [-0.2, -0.15) is 4.68 Å². The molecule has 18 heavy (non-hydrogen) atoms. The third-order valence-electron chi connectivity index (χ3n) is 2.69. The van der Waals surface area contributed by atoms with E-state index in [-0.39, 0.29) is 0 Å². The maximum Gasteiger partial charge on any atom is 0.214 e. The highest BCUT2D eigenvalue weighted by molar-refractivity contribution is 7.99. The van der Waals surface area contributed by atoms with Gasteiger partial charge in [-0.25, -0.2) is 0 Å². The van der Waals surface area contributed by atoms with E-state index in [9.17, 15) is 0 Å². The minimum atomic E-state index is 0.798. The lowest BCUT2D eigenvalue weighted by Gasteiger charge is -2.09. The molecule has 1 aromatic carbocycles. The molecule has 4 nitrogen and oxygen atoms in total. The molecule has 0 bridgehead atoms. The molecule has 1 aromatic heterocycles. The fourth-order valence-corrected chi connectivity index (χ4v) is 2.30. The van der Waals surface area contributed by atoms with Crippen molar-refractivity contribution in [1.82, 2.24) is 20.2 Å². The van der Waals surface area contributed by atoms with Crippen molar-refractivity contribution in [3.8, 4) is 5.69 Å². The van der Waals surface area contributed by atoms with E-state index in [4.69, 9.17) is 0 Å². The Morgan fingerprint density at radius 2 is 2.17 bits per heavy atom. The smallest absolute Gasteiger partial charge is 0.187 e. The molecule has 5 heteroatoms. The Hall–Kier alpha value is -1.62. The van der Waals surface area contributed by atoms with E-state index in [2.05, 4.69) is 42.0 Å². The third kappa shape index (κ3) is 2.61. The molecule has 2 aromatic rings. The highest BCUT2D eigenvalue weighted by atomic mass is 32.2. The summed E-state index contributed by atoms with van der Waals surface area (Å²) in [4.78, 5) is 0. The first-order valence-electron chi connectivity index (χ1n) is 5.71. The highest BCUT2D eigenvalue weighted by Gasteiger charge is 2.11. The van der Waals surface area contributed by atoms with Crippen LogP contribution < -0.4 is 0 Å². The van der Waals surface area contributed by atoms with Gasteiger partial charge in [-0.15, -0.1) is 5.10 Å². The van der Waals surface area contributed by atoms with Crippen molar-refractivity contribution < 1.29 is 0 Å². The van der Waals surface area contributed by atoms with E-state index < -0.39 is 0 Å². The molecule has 1 heterocycles. The van der Waals surface area contributed by atoms with Gasteiger partial charge in [-0.1, -0.05) is 36.0 Å². The fraction of sp³-hybridized carbons (Fsp3) is 0.308. The molecule has 0 radical (unpaired) electrons. The van der Waals surface area contributed by atoms with Crippen LogP contribution in [0, 0.1) is 13.8 Å². The van der Waals surface area contributed by atoms with Crippen LogP contribution in [0.25, 0.3) is 5.69 Å². The van der Waals surface area contributed by atoms with Crippen molar-refractivity contribution >= 4 is 11.8 Å². The average molecular weight is 260 g/mol. The molecule has 0 unspecified atom stereocenters. The lowest BCUT2D eigenvalue weighted by molar-refractivity contribution is 0.751. The molecule has 0 amide bonds. The van der Waals surface area contributed by atoms with Gasteiger partial charge in [0.2, 0.25) is 5.16 Å². The largest absolute Gasteiger partial charge is 0.214 e. The van der Waals surface area contributed by atoms with Crippen LogP contribution in [0.15, 0.2) is 35.5 Å². The summed E-state index contributed by atoms with van der Waals surface area (Å²) in [5.74, 6) is 0.825. The van der Waals surface area contributed by atoms with E-state index in [0.29, 0.717) is 0 Å². The van der Waals surface area contributed by atoms with Crippen molar-refractivity contribution in [2.24, 2.45) is 0 Å². The van der Waals surface area contributed by atoms with E-state index >= 15 is 0 Å². The van der Waals surface area contributed by atoms with Crippen LogP contribution >= 0.6 is 11.8 Å². The molecule has 0 fully saturated rings. The van der Waals surface area contributed by atoms with E-state index in [1.54, 1.807) is 16.4 Å². The number of aromatic nitrogens is 4. The van der Waals surface area contributed by atoms with Crippen LogP contribution in [0.1, 0.15) is 18.1 Å². The van der Waals surface area contributed by atoms with Crippen molar-refractivity contribution in [2.45, 2.75) is 25.9 Å². The first-order valence-corrected chi connectivity index (χ1v) is 6.70. The Balaban J connectivity index is 2.36. The number of aryl methyl sites for hydroxylation is 1. The van der Waals surface area contributed by atoms with Crippen LogP contribution in [0.4, 0.5) is 0 Å². The predicted octanol–water partition coefficient (Wildman–Crippen LogP) is 2.95. The van der Waals surface area contributed by atoms with Gasteiger partial charge in [0.05, 0.1) is 5.69 Å². The summed E-state index contributed by atoms with van der Waals surface area (Å²) in [6.07, 6.45) is 0. The molecule has 0 atom stereocenters. The Morgan fingerprint density at radius 1 is 1.39 bits per heavy atom. The number of hydrogen-bond acceptors (Lipinski definition) is 4. The second-order valence-electron chi connectivity index (χ2n) is 4.34. The summed E-state index contributed by atoms with van der Waals surface area (Å²) >= 11 is 1.60. The zero-order chi connectivity index (χ0) is 13.1. The van der Waals surface area contributed by atoms with E-state index in [1.165, 1.54) is 11.1 Å². The fourth-order valence-electron chi connectivity index (χ4n) is 1.57. The number of benzene rings is 1. The Labute approximate surface area is 111 Å². The Morgan fingerprint density at radius 3 is 2.89 bits per heavy atom. The molecular weight excluding hydrogens is 244 g/mol. The van der Waals surface area contributed by atoms with Gasteiger partial charge in [0.1, 0.15) is 0 Å². The predicted molar refractivity (Wildman–Crippen MR) is 74.2 cm³/mol. The number of hydrogen-bond donors (Lipinski definition) is 0. The third-order valence-corrected chi connectivity index (χ3v) is 3.84.